The standard InChI is InChI=1S/C23H24N4O3S/c1-5-27-14(3)19(22-25-21(26-30-22)15-8-6-13(2)7-9-15)20(24-23(27)31)16-10-11-18(29-4)17(28)12-16/h6-12,20,28H,5H2,1-4H3,(H,24,31). The van der Waals surface area contributed by atoms with Gasteiger partial charge in [-0.05, 0) is 50.7 Å². The van der Waals surface area contributed by atoms with Crippen molar-refractivity contribution >= 4 is 22.9 Å². The number of rotatable bonds is 5. The first-order chi connectivity index (χ1) is 14.9. The molecule has 160 valence electrons. The van der Waals surface area contributed by atoms with E-state index in [1.807, 2.05) is 56.0 Å². The van der Waals surface area contributed by atoms with Gasteiger partial charge in [-0.3, -0.25) is 0 Å². The third-order valence-electron chi connectivity index (χ3n) is 5.41. The summed E-state index contributed by atoms with van der Waals surface area (Å²) in [7, 11) is 1.52. The van der Waals surface area contributed by atoms with Gasteiger partial charge in [-0.15, -0.1) is 0 Å². The molecular formula is C23H24N4O3S. The van der Waals surface area contributed by atoms with Gasteiger partial charge in [0.05, 0.1) is 18.7 Å². The molecule has 0 radical (unpaired) electrons. The molecule has 1 aliphatic heterocycles. The van der Waals surface area contributed by atoms with Gasteiger partial charge in [0.2, 0.25) is 5.82 Å². The fourth-order valence-corrected chi connectivity index (χ4v) is 4.11. The Morgan fingerprint density at radius 3 is 2.58 bits per heavy atom. The number of allylic oxidation sites excluding steroid dienone is 1. The van der Waals surface area contributed by atoms with E-state index in [-0.39, 0.29) is 11.8 Å². The average molecular weight is 437 g/mol. The highest BCUT2D eigenvalue weighted by atomic mass is 32.1. The van der Waals surface area contributed by atoms with Crippen molar-refractivity contribution in [3.8, 4) is 22.9 Å². The van der Waals surface area contributed by atoms with Crippen molar-refractivity contribution in [3.05, 3.63) is 65.2 Å². The van der Waals surface area contributed by atoms with Crippen LogP contribution in [0.5, 0.6) is 11.5 Å². The number of phenols is 1. The van der Waals surface area contributed by atoms with Crippen LogP contribution in [0.3, 0.4) is 0 Å². The first-order valence-corrected chi connectivity index (χ1v) is 10.4. The van der Waals surface area contributed by atoms with E-state index >= 15 is 0 Å². The van der Waals surface area contributed by atoms with Crippen LogP contribution in [0, 0.1) is 6.92 Å². The molecule has 31 heavy (non-hydrogen) atoms. The minimum absolute atomic E-state index is 0.0496. The maximum Gasteiger partial charge on any atom is 0.258 e. The zero-order valence-electron chi connectivity index (χ0n) is 17.8. The van der Waals surface area contributed by atoms with Crippen LogP contribution in [0.4, 0.5) is 0 Å². The Morgan fingerprint density at radius 2 is 1.94 bits per heavy atom. The van der Waals surface area contributed by atoms with E-state index in [0.29, 0.717) is 29.1 Å². The van der Waals surface area contributed by atoms with Crippen LogP contribution >= 0.6 is 12.2 Å². The number of hydrogen-bond donors (Lipinski definition) is 2. The number of hydrogen-bond acceptors (Lipinski definition) is 6. The van der Waals surface area contributed by atoms with E-state index < -0.39 is 0 Å². The number of methoxy groups -OCH3 is 1. The zero-order valence-corrected chi connectivity index (χ0v) is 18.7. The summed E-state index contributed by atoms with van der Waals surface area (Å²) >= 11 is 5.59. The predicted molar refractivity (Wildman–Crippen MR) is 123 cm³/mol. The Hall–Kier alpha value is -3.39. The number of aromatic nitrogens is 2. The quantitative estimate of drug-likeness (QED) is 0.568. The molecule has 1 aromatic heterocycles. The third kappa shape index (κ3) is 3.86. The van der Waals surface area contributed by atoms with E-state index in [4.69, 9.17) is 21.5 Å². The molecule has 2 aromatic carbocycles. The molecule has 1 unspecified atom stereocenters. The molecular weight excluding hydrogens is 412 g/mol. The number of nitrogens with one attached hydrogen (secondary N) is 1. The summed E-state index contributed by atoms with van der Waals surface area (Å²) in [5, 5.41) is 18.5. The van der Waals surface area contributed by atoms with Gasteiger partial charge in [-0.25, -0.2) is 0 Å². The van der Waals surface area contributed by atoms with Crippen molar-refractivity contribution in [2.75, 3.05) is 13.7 Å². The van der Waals surface area contributed by atoms with Gasteiger partial charge >= 0.3 is 0 Å². The number of nitrogens with zero attached hydrogens (tertiary/aromatic N) is 3. The maximum atomic E-state index is 10.3. The minimum atomic E-state index is -0.363. The highest BCUT2D eigenvalue weighted by Crippen LogP contribution is 2.39. The number of thiocarbonyl (C=S) groups is 1. The second kappa shape index (κ2) is 8.39. The molecule has 0 saturated heterocycles. The third-order valence-corrected chi connectivity index (χ3v) is 5.75. The fraction of sp³-hybridized carbons (Fsp3) is 0.261. The van der Waals surface area contributed by atoms with Gasteiger partial charge in [0.15, 0.2) is 16.6 Å². The van der Waals surface area contributed by atoms with E-state index in [0.717, 1.165) is 28.0 Å². The monoisotopic (exact) mass is 436 g/mol. The van der Waals surface area contributed by atoms with Crippen molar-refractivity contribution in [1.29, 1.82) is 0 Å². The minimum Gasteiger partial charge on any atom is -0.504 e. The topological polar surface area (TPSA) is 83.7 Å². The number of phenolic OH excluding ortho intramolecular Hbond substituents is 1. The van der Waals surface area contributed by atoms with Crippen molar-refractivity contribution in [2.45, 2.75) is 26.8 Å². The summed E-state index contributed by atoms with van der Waals surface area (Å²) in [6.07, 6.45) is 0. The van der Waals surface area contributed by atoms with Crippen molar-refractivity contribution in [3.63, 3.8) is 0 Å². The van der Waals surface area contributed by atoms with Gasteiger partial charge in [-0.1, -0.05) is 41.1 Å². The Kier molecular flexibility index (Phi) is 5.65. The van der Waals surface area contributed by atoms with Crippen LogP contribution in [0.15, 0.2) is 52.7 Å². The van der Waals surface area contributed by atoms with Crippen LogP contribution in [-0.2, 0) is 0 Å². The van der Waals surface area contributed by atoms with Crippen LogP contribution in [-0.4, -0.2) is 38.9 Å². The Bertz CT molecular complexity index is 1150. The molecule has 7 nitrogen and oxygen atoms in total. The molecule has 0 spiro atoms. The average Bonchev–Trinajstić information content (AvgIpc) is 3.23. The van der Waals surface area contributed by atoms with E-state index in [2.05, 4.69) is 15.5 Å². The molecule has 0 saturated carbocycles. The molecule has 2 heterocycles. The summed E-state index contributed by atoms with van der Waals surface area (Å²) in [4.78, 5) is 6.66. The molecule has 2 N–H and O–H groups in total. The van der Waals surface area contributed by atoms with Crippen LogP contribution in [0.2, 0.25) is 0 Å². The van der Waals surface area contributed by atoms with Crippen molar-refractivity contribution in [2.24, 2.45) is 0 Å². The lowest BCUT2D eigenvalue weighted by molar-refractivity contribution is 0.372. The van der Waals surface area contributed by atoms with Crippen LogP contribution in [0.1, 0.15) is 36.9 Å². The Labute approximate surface area is 186 Å². The Morgan fingerprint density at radius 1 is 1.19 bits per heavy atom. The van der Waals surface area contributed by atoms with Gasteiger partial charge in [0.25, 0.3) is 5.89 Å². The van der Waals surface area contributed by atoms with Gasteiger partial charge in [-0.2, -0.15) is 4.98 Å². The van der Waals surface area contributed by atoms with Gasteiger partial charge in [0.1, 0.15) is 0 Å². The number of aromatic hydroxyl groups is 1. The fourth-order valence-electron chi connectivity index (χ4n) is 3.73. The maximum absolute atomic E-state index is 10.3. The summed E-state index contributed by atoms with van der Waals surface area (Å²) in [5.74, 6) is 1.37. The smallest absolute Gasteiger partial charge is 0.258 e. The molecule has 0 bridgehead atoms. The van der Waals surface area contributed by atoms with Crippen LogP contribution < -0.4 is 10.1 Å². The Balaban J connectivity index is 1.81. The number of aryl methyl sites for hydroxylation is 1. The summed E-state index contributed by atoms with van der Waals surface area (Å²) in [6.45, 7) is 6.74. The highest BCUT2D eigenvalue weighted by Gasteiger charge is 2.33. The van der Waals surface area contributed by atoms with E-state index in [1.165, 1.54) is 7.11 Å². The second-order valence-electron chi connectivity index (χ2n) is 7.35. The summed E-state index contributed by atoms with van der Waals surface area (Å²) in [6, 6.07) is 12.9. The van der Waals surface area contributed by atoms with Gasteiger partial charge < -0.3 is 24.6 Å². The SMILES string of the molecule is CCN1C(=S)NC(c2ccc(OC)c(O)c2)C(c2nc(-c3ccc(C)cc3)no2)=C1C. The molecule has 1 aliphatic rings. The van der Waals surface area contributed by atoms with Crippen molar-refractivity contribution < 1.29 is 14.4 Å². The van der Waals surface area contributed by atoms with E-state index in [1.54, 1.807) is 12.1 Å². The van der Waals surface area contributed by atoms with Crippen LogP contribution in [0.25, 0.3) is 17.0 Å². The molecule has 0 amide bonds. The normalized spacial score (nSPS) is 16.5. The first-order valence-electron chi connectivity index (χ1n) is 9.99. The lowest BCUT2D eigenvalue weighted by Crippen LogP contribution is -2.45. The molecule has 0 aliphatic carbocycles. The lowest BCUT2D eigenvalue weighted by Gasteiger charge is -2.36. The number of ether oxygens (including phenoxy) is 1. The molecule has 4 rings (SSSR count). The molecule has 3 aromatic rings. The predicted octanol–water partition coefficient (Wildman–Crippen LogP) is 4.44. The van der Waals surface area contributed by atoms with Crippen molar-refractivity contribution in [1.82, 2.24) is 20.4 Å². The molecule has 0 fully saturated rings. The number of benzene rings is 2. The lowest BCUT2D eigenvalue weighted by atomic mass is 9.94. The largest absolute Gasteiger partial charge is 0.504 e. The van der Waals surface area contributed by atoms with E-state index in [9.17, 15) is 5.11 Å². The summed E-state index contributed by atoms with van der Waals surface area (Å²) in [5.41, 5.74) is 4.58. The second-order valence-corrected chi connectivity index (χ2v) is 7.73. The zero-order chi connectivity index (χ0) is 22.1. The molecule has 1 atom stereocenters. The summed E-state index contributed by atoms with van der Waals surface area (Å²) < 4.78 is 10.9. The molecule has 8 heteroatoms. The van der Waals surface area contributed by atoms with Gasteiger partial charge in [0, 0.05) is 17.8 Å². The first kappa shape index (κ1) is 20.9. The highest BCUT2D eigenvalue weighted by molar-refractivity contribution is 7.80.